The van der Waals surface area contributed by atoms with E-state index < -0.39 is 0 Å². The van der Waals surface area contributed by atoms with E-state index in [-0.39, 0.29) is 6.10 Å². The zero-order valence-corrected chi connectivity index (χ0v) is 8.90. The second kappa shape index (κ2) is 6.05. The van der Waals surface area contributed by atoms with Crippen LogP contribution in [0.4, 0.5) is 5.69 Å². The van der Waals surface area contributed by atoms with E-state index in [4.69, 9.17) is 5.26 Å². The second-order valence-corrected chi connectivity index (χ2v) is 3.52. The average molecular weight is 204 g/mol. The molecule has 2 N–H and O–H groups in total. The maximum Gasteiger partial charge on any atom is 0.0992 e. The molecule has 0 aliphatic rings. The Labute approximate surface area is 90.4 Å². The van der Waals surface area contributed by atoms with Crippen LogP contribution in [-0.4, -0.2) is 17.8 Å². The van der Waals surface area contributed by atoms with Gasteiger partial charge in [-0.05, 0) is 24.6 Å². The number of anilines is 1. The Bertz CT molecular complexity index is 344. The molecular formula is C12H16N2O. The van der Waals surface area contributed by atoms with Crippen molar-refractivity contribution in [3.05, 3.63) is 29.8 Å². The number of benzene rings is 1. The molecular weight excluding hydrogens is 188 g/mol. The molecule has 0 bridgehead atoms. The first-order chi connectivity index (χ1) is 7.26. The molecule has 15 heavy (non-hydrogen) atoms. The number of nitriles is 1. The van der Waals surface area contributed by atoms with Crippen LogP contribution in [0, 0.1) is 11.3 Å². The molecule has 0 heterocycles. The van der Waals surface area contributed by atoms with E-state index in [1.165, 1.54) is 0 Å². The van der Waals surface area contributed by atoms with Crippen LogP contribution in [0.25, 0.3) is 0 Å². The van der Waals surface area contributed by atoms with Crippen molar-refractivity contribution in [2.75, 3.05) is 11.9 Å². The van der Waals surface area contributed by atoms with Gasteiger partial charge in [-0.25, -0.2) is 0 Å². The minimum atomic E-state index is -0.319. The zero-order chi connectivity index (χ0) is 11.1. The molecule has 1 aromatic rings. The molecule has 0 fully saturated rings. The lowest BCUT2D eigenvalue weighted by molar-refractivity contribution is 0.176. The zero-order valence-electron chi connectivity index (χ0n) is 8.90. The monoisotopic (exact) mass is 204 g/mol. The number of nitrogens with zero attached hydrogens (tertiary/aromatic N) is 1. The van der Waals surface area contributed by atoms with Crippen LogP contribution in [0.1, 0.15) is 25.3 Å². The Morgan fingerprint density at radius 2 is 2.33 bits per heavy atom. The van der Waals surface area contributed by atoms with Crippen molar-refractivity contribution in [3.8, 4) is 6.07 Å². The van der Waals surface area contributed by atoms with Gasteiger partial charge in [-0.15, -0.1) is 0 Å². The Kier molecular flexibility index (Phi) is 4.65. The summed E-state index contributed by atoms with van der Waals surface area (Å²) in [5, 5.41) is 21.3. The quantitative estimate of drug-likeness (QED) is 0.772. The summed E-state index contributed by atoms with van der Waals surface area (Å²) < 4.78 is 0. The van der Waals surface area contributed by atoms with Crippen molar-refractivity contribution in [2.24, 2.45) is 0 Å². The molecule has 0 aliphatic carbocycles. The molecule has 0 spiro atoms. The maximum absolute atomic E-state index is 9.51. The lowest BCUT2D eigenvalue weighted by Gasteiger charge is -2.11. The Balaban J connectivity index is 2.47. The number of aliphatic hydroxyl groups is 1. The van der Waals surface area contributed by atoms with Gasteiger partial charge in [0, 0.05) is 12.2 Å². The molecule has 0 aromatic heterocycles. The molecule has 80 valence electrons. The lowest BCUT2D eigenvalue weighted by Crippen LogP contribution is -2.18. The number of rotatable bonds is 5. The molecule has 1 unspecified atom stereocenters. The van der Waals surface area contributed by atoms with E-state index in [2.05, 4.69) is 11.4 Å². The van der Waals surface area contributed by atoms with Crippen LogP contribution in [-0.2, 0) is 0 Å². The Morgan fingerprint density at radius 1 is 1.53 bits per heavy atom. The van der Waals surface area contributed by atoms with Gasteiger partial charge in [0.05, 0.1) is 17.7 Å². The van der Waals surface area contributed by atoms with Crippen LogP contribution in [0.15, 0.2) is 24.3 Å². The number of aliphatic hydroxyl groups excluding tert-OH is 1. The molecule has 1 atom stereocenters. The molecule has 0 amide bonds. The summed E-state index contributed by atoms with van der Waals surface area (Å²) in [4.78, 5) is 0. The highest BCUT2D eigenvalue weighted by molar-refractivity contribution is 5.49. The van der Waals surface area contributed by atoms with Crippen molar-refractivity contribution >= 4 is 5.69 Å². The van der Waals surface area contributed by atoms with Gasteiger partial charge in [-0.3, -0.25) is 0 Å². The fraction of sp³-hybridized carbons (Fsp3) is 0.417. The van der Waals surface area contributed by atoms with Gasteiger partial charge in [0.25, 0.3) is 0 Å². The molecule has 1 rings (SSSR count). The Morgan fingerprint density at radius 3 is 3.00 bits per heavy atom. The predicted molar refractivity (Wildman–Crippen MR) is 60.6 cm³/mol. The van der Waals surface area contributed by atoms with Gasteiger partial charge in [0.2, 0.25) is 0 Å². The number of hydrogen-bond acceptors (Lipinski definition) is 3. The van der Waals surface area contributed by atoms with E-state index >= 15 is 0 Å². The van der Waals surface area contributed by atoms with Crippen LogP contribution in [0.5, 0.6) is 0 Å². The summed E-state index contributed by atoms with van der Waals surface area (Å²) >= 11 is 0. The van der Waals surface area contributed by atoms with Crippen LogP contribution in [0.3, 0.4) is 0 Å². The highest BCUT2D eigenvalue weighted by atomic mass is 16.3. The van der Waals surface area contributed by atoms with Crippen LogP contribution >= 0.6 is 0 Å². The normalized spacial score (nSPS) is 11.8. The van der Waals surface area contributed by atoms with E-state index in [1.807, 2.05) is 19.1 Å². The first-order valence-electron chi connectivity index (χ1n) is 5.18. The molecule has 0 aliphatic heterocycles. The molecule has 3 nitrogen and oxygen atoms in total. The van der Waals surface area contributed by atoms with Crippen molar-refractivity contribution in [1.82, 2.24) is 0 Å². The minimum Gasteiger partial charge on any atom is -0.391 e. The van der Waals surface area contributed by atoms with Crippen molar-refractivity contribution in [3.63, 3.8) is 0 Å². The summed E-state index contributed by atoms with van der Waals surface area (Å²) in [5.41, 5.74) is 1.51. The van der Waals surface area contributed by atoms with E-state index in [0.29, 0.717) is 12.1 Å². The molecule has 1 aromatic carbocycles. The number of hydrogen-bond donors (Lipinski definition) is 2. The third-order valence-electron chi connectivity index (χ3n) is 2.16. The van der Waals surface area contributed by atoms with Gasteiger partial charge >= 0.3 is 0 Å². The van der Waals surface area contributed by atoms with Crippen molar-refractivity contribution in [2.45, 2.75) is 25.9 Å². The van der Waals surface area contributed by atoms with Gasteiger partial charge < -0.3 is 10.4 Å². The summed E-state index contributed by atoms with van der Waals surface area (Å²) in [6, 6.07) is 9.33. The summed E-state index contributed by atoms with van der Waals surface area (Å²) in [7, 11) is 0. The van der Waals surface area contributed by atoms with Crippen molar-refractivity contribution < 1.29 is 5.11 Å². The molecule has 0 saturated heterocycles. The third kappa shape index (κ3) is 4.01. The lowest BCUT2D eigenvalue weighted by atomic mass is 10.2. The summed E-state index contributed by atoms with van der Waals surface area (Å²) in [6.45, 7) is 2.57. The van der Waals surface area contributed by atoms with Gasteiger partial charge in [0.1, 0.15) is 0 Å². The first-order valence-corrected chi connectivity index (χ1v) is 5.18. The maximum atomic E-state index is 9.51. The van der Waals surface area contributed by atoms with Crippen molar-refractivity contribution in [1.29, 1.82) is 5.26 Å². The van der Waals surface area contributed by atoms with Crippen LogP contribution in [0.2, 0.25) is 0 Å². The van der Waals surface area contributed by atoms with Gasteiger partial charge in [-0.1, -0.05) is 19.4 Å². The largest absolute Gasteiger partial charge is 0.391 e. The molecule has 3 heteroatoms. The van der Waals surface area contributed by atoms with E-state index in [9.17, 15) is 5.11 Å². The first kappa shape index (κ1) is 11.5. The summed E-state index contributed by atoms with van der Waals surface area (Å²) in [6.07, 6.45) is 1.45. The SMILES string of the molecule is CCCC(O)CNc1cccc(C#N)c1. The fourth-order valence-corrected chi connectivity index (χ4v) is 1.37. The van der Waals surface area contributed by atoms with Gasteiger partial charge in [-0.2, -0.15) is 5.26 Å². The number of nitrogens with one attached hydrogen (secondary N) is 1. The second-order valence-electron chi connectivity index (χ2n) is 3.52. The average Bonchev–Trinajstić information content (AvgIpc) is 2.27. The molecule has 0 saturated carbocycles. The van der Waals surface area contributed by atoms with Crippen LogP contribution < -0.4 is 5.32 Å². The highest BCUT2D eigenvalue weighted by Crippen LogP contribution is 2.10. The van der Waals surface area contributed by atoms with E-state index in [1.54, 1.807) is 12.1 Å². The van der Waals surface area contributed by atoms with Gasteiger partial charge in [0.15, 0.2) is 0 Å². The standard InChI is InChI=1S/C12H16N2O/c1-2-4-12(15)9-14-11-6-3-5-10(7-11)8-13/h3,5-7,12,14-15H,2,4,9H2,1H3. The minimum absolute atomic E-state index is 0.319. The van der Waals surface area contributed by atoms with E-state index in [0.717, 1.165) is 18.5 Å². The Hall–Kier alpha value is -1.53. The predicted octanol–water partition coefficient (Wildman–Crippen LogP) is 2.13. The molecule has 0 radical (unpaired) electrons. The smallest absolute Gasteiger partial charge is 0.0992 e. The topological polar surface area (TPSA) is 56.0 Å². The third-order valence-corrected chi connectivity index (χ3v) is 2.16. The summed E-state index contributed by atoms with van der Waals surface area (Å²) in [5.74, 6) is 0. The fourth-order valence-electron chi connectivity index (χ4n) is 1.37. The highest BCUT2D eigenvalue weighted by Gasteiger charge is 2.02.